The number of halogens is 2. The van der Waals surface area contributed by atoms with E-state index in [-0.39, 0.29) is 17.4 Å². The van der Waals surface area contributed by atoms with Gasteiger partial charge in [-0.25, -0.2) is 4.98 Å². The van der Waals surface area contributed by atoms with Gasteiger partial charge in [-0.3, -0.25) is 4.79 Å². The van der Waals surface area contributed by atoms with Gasteiger partial charge in [0.15, 0.2) is 11.5 Å². The number of aromatic nitrogens is 1. The van der Waals surface area contributed by atoms with Crippen LogP contribution in [0.2, 0.25) is 0 Å². The van der Waals surface area contributed by atoms with E-state index in [9.17, 15) is 13.6 Å². The van der Waals surface area contributed by atoms with Gasteiger partial charge in [-0.1, -0.05) is 6.07 Å². The Morgan fingerprint density at radius 3 is 2.72 bits per heavy atom. The monoisotopic (exact) mass is 405 g/mol. The van der Waals surface area contributed by atoms with Gasteiger partial charge in [0.25, 0.3) is 5.91 Å². The summed E-state index contributed by atoms with van der Waals surface area (Å²) < 4.78 is 34.4. The standard InChI is InChI=1S/C21H25F2N3O3/c1-28-18-14-15(7-8-17(18)29-21(22)23)9-11-25-20(27)16-6-5-10-24-19(16)26-12-3-2-4-13-26/h5-8,10,14,21H,2-4,9,11-13H2,1H3,(H,25,27). The Morgan fingerprint density at radius 2 is 2.00 bits per heavy atom. The molecule has 1 saturated heterocycles. The number of benzene rings is 1. The van der Waals surface area contributed by atoms with E-state index in [2.05, 4.69) is 19.9 Å². The molecule has 156 valence electrons. The normalized spacial score (nSPS) is 14.0. The van der Waals surface area contributed by atoms with Crippen LogP contribution in [-0.4, -0.2) is 44.2 Å². The zero-order valence-corrected chi connectivity index (χ0v) is 16.4. The van der Waals surface area contributed by atoms with Crippen LogP contribution < -0.4 is 19.7 Å². The van der Waals surface area contributed by atoms with Gasteiger partial charge >= 0.3 is 6.61 Å². The Morgan fingerprint density at radius 1 is 1.21 bits per heavy atom. The van der Waals surface area contributed by atoms with Crippen molar-refractivity contribution in [3.05, 3.63) is 47.7 Å². The molecule has 3 rings (SSSR count). The average Bonchev–Trinajstić information content (AvgIpc) is 2.75. The molecule has 2 aromatic rings. The number of pyridine rings is 1. The Balaban J connectivity index is 1.60. The first-order valence-electron chi connectivity index (χ1n) is 9.68. The fourth-order valence-electron chi connectivity index (χ4n) is 3.41. The molecule has 29 heavy (non-hydrogen) atoms. The topological polar surface area (TPSA) is 63.7 Å². The molecule has 0 aliphatic carbocycles. The van der Waals surface area contributed by atoms with Crippen LogP contribution in [0.5, 0.6) is 11.5 Å². The van der Waals surface area contributed by atoms with E-state index in [1.165, 1.54) is 19.6 Å². The van der Waals surface area contributed by atoms with Gasteiger partial charge in [-0.05, 0) is 55.5 Å². The van der Waals surface area contributed by atoms with Crippen molar-refractivity contribution in [3.63, 3.8) is 0 Å². The van der Waals surface area contributed by atoms with E-state index >= 15 is 0 Å². The highest BCUT2D eigenvalue weighted by Crippen LogP contribution is 2.29. The lowest BCUT2D eigenvalue weighted by atomic mass is 10.1. The van der Waals surface area contributed by atoms with Crippen LogP contribution in [-0.2, 0) is 6.42 Å². The summed E-state index contributed by atoms with van der Waals surface area (Å²) in [5.41, 5.74) is 1.40. The van der Waals surface area contributed by atoms with Gasteiger partial charge < -0.3 is 19.7 Å². The molecule has 0 bridgehead atoms. The molecule has 1 aliphatic heterocycles. The van der Waals surface area contributed by atoms with Crippen LogP contribution in [0.3, 0.4) is 0 Å². The third kappa shape index (κ3) is 5.56. The molecule has 1 aliphatic rings. The molecule has 0 saturated carbocycles. The van der Waals surface area contributed by atoms with Gasteiger partial charge in [0.2, 0.25) is 0 Å². The smallest absolute Gasteiger partial charge is 0.387 e. The van der Waals surface area contributed by atoms with Crippen LogP contribution in [0.1, 0.15) is 35.2 Å². The van der Waals surface area contributed by atoms with Crippen molar-refractivity contribution in [2.75, 3.05) is 31.6 Å². The van der Waals surface area contributed by atoms with E-state index in [1.807, 2.05) is 0 Å². The lowest BCUT2D eigenvalue weighted by molar-refractivity contribution is -0.0512. The minimum Gasteiger partial charge on any atom is -0.493 e. The molecule has 8 heteroatoms. The summed E-state index contributed by atoms with van der Waals surface area (Å²) >= 11 is 0. The van der Waals surface area contributed by atoms with Crippen molar-refractivity contribution in [3.8, 4) is 11.5 Å². The molecule has 1 fully saturated rings. The average molecular weight is 405 g/mol. The number of alkyl halides is 2. The minimum atomic E-state index is -2.91. The summed E-state index contributed by atoms with van der Waals surface area (Å²) in [6.07, 6.45) is 5.64. The van der Waals surface area contributed by atoms with Gasteiger partial charge in [-0.15, -0.1) is 0 Å². The Bertz CT molecular complexity index is 827. The third-order valence-electron chi connectivity index (χ3n) is 4.83. The number of carbonyl (C=O) groups is 1. The quantitative estimate of drug-likeness (QED) is 0.726. The molecule has 6 nitrogen and oxygen atoms in total. The molecule has 1 aromatic heterocycles. The largest absolute Gasteiger partial charge is 0.493 e. The Hall–Kier alpha value is -2.90. The van der Waals surface area contributed by atoms with Gasteiger partial charge in [0.1, 0.15) is 5.82 Å². The van der Waals surface area contributed by atoms with E-state index in [0.29, 0.717) is 18.5 Å². The van der Waals surface area contributed by atoms with Crippen molar-refractivity contribution in [2.45, 2.75) is 32.3 Å². The van der Waals surface area contributed by atoms with E-state index < -0.39 is 6.61 Å². The number of ether oxygens (including phenoxy) is 2. The van der Waals surface area contributed by atoms with Gasteiger partial charge in [-0.2, -0.15) is 8.78 Å². The molecule has 1 N–H and O–H groups in total. The molecular weight excluding hydrogens is 380 g/mol. The number of carbonyl (C=O) groups excluding carboxylic acids is 1. The van der Waals surface area contributed by atoms with Gasteiger partial charge in [0.05, 0.1) is 12.7 Å². The lowest BCUT2D eigenvalue weighted by Gasteiger charge is -2.29. The summed E-state index contributed by atoms with van der Waals surface area (Å²) in [7, 11) is 1.39. The second kappa shape index (κ2) is 10.0. The maximum absolute atomic E-state index is 12.7. The number of anilines is 1. The predicted octanol–water partition coefficient (Wildman–Crippen LogP) is 3.65. The summed E-state index contributed by atoms with van der Waals surface area (Å²) in [4.78, 5) is 19.3. The van der Waals surface area contributed by atoms with Crippen LogP contribution >= 0.6 is 0 Å². The SMILES string of the molecule is COc1cc(CCNC(=O)c2cccnc2N2CCCCC2)ccc1OC(F)F. The summed E-state index contributed by atoms with van der Waals surface area (Å²) in [5.74, 6) is 0.758. The Labute approximate surface area is 168 Å². The highest BCUT2D eigenvalue weighted by Gasteiger charge is 2.19. The summed E-state index contributed by atoms with van der Waals surface area (Å²) in [5, 5.41) is 2.91. The van der Waals surface area contributed by atoms with Crippen molar-refractivity contribution in [1.29, 1.82) is 0 Å². The number of nitrogens with one attached hydrogen (secondary N) is 1. The predicted molar refractivity (Wildman–Crippen MR) is 106 cm³/mol. The number of rotatable bonds is 8. The van der Waals surface area contributed by atoms with Crippen LogP contribution in [0, 0.1) is 0 Å². The van der Waals surface area contributed by atoms with E-state index in [1.54, 1.807) is 30.5 Å². The first-order valence-corrected chi connectivity index (χ1v) is 9.68. The molecule has 0 unspecified atom stereocenters. The number of methoxy groups -OCH3 is 1. The highest BCUT2D eigenvalue weighted by molar-refractivity contribution is 5.98. The zero-order chi connectivity index (χ0) is 20.6. The highest BCUT2D eigenvalue weighted by atomic mass is 19.3. The number of hydrogen-bond donors (Lipinski definition) is 1. The molecule has 1 amide bonds. The van der Waals surface area contributed by atoms with Crippen LogP contribution in [0.15, 0.2) is 36.5 Å². The van der Waals surface area contributed by atoms with Crippen molar-refractivity contribution >= 4 is 11.7 Å². The zero-order valence-electron chi connectivity index (χ0n) is 16.4. The van der Waals surface area contributed by atoms with Crippen molar-refractivity contribution in [1.82, 2.24) is 10.3 Å². The first kappa shape index (κ1) is 20.8. The van der Waals surface area contributed by atoms with E-state index in [4.69, 9.17) is 4.74 Å². The van der Waals surface area contributed by atoms with Gasteiger partial charge in [0, 0.05) is 25.8 Å². The number of hydrogen-bond acceptors (Lipinski definition) is 5. The van der Waals surface area contributed by atoms with E-state index in [0.717, 1.165) is 37.3 Å². The van der Waals surface area contributed by atoms with Crippen LogP contribution in [0.25, 0.3) is 0 Å². The van der Waals surface area contributed by atoms with Crippen LogP contribution in [0.4, 0.5) is 14.6 Å². The summed E-state index contributed by atoms with van der Waals surface area (Å²) in [6.45, 7) is -0.706. The molecule has 0 radical (unpaired) electrons. The minimum absolute atomic E-state index is 0.0168. The Kier molecular flexibility index (Phi) is 7.21. The molecular formula is C21H25F2N3O3. The van der Waals surface area contributed by atoms with Crippen molar-refractivity contribution < 1.29 is 23.0 Å². The molecule has 0 atom stereocenters. The second-order valence-electron chi connectivity index (χ2n) is 6.79. The second-order valence-corrected chi connectivity index (χ2v) is 6.79. The fourth-order valence-corrected chi connectivity index (χ4v) is 3.41. The molecule has 1 aromatic carbocycles. The first-order chi connectivity index (χ1) is 14.1. The molecule has 0 spiro atoms. The maximum atomic E-state index is 12.7. The number of nitrogens with zero attached hydrogens (tertiary/aromatic N) is 2. The maximum Gasteiger partial charge on any atom is 0.387 e. The fraction of sp³-hybridized carbons (Fsp3) is 0.429. The third-order valence-corrected chi connectivity index (χ3v) is 4.83. The number of amides is 1. The molecule has 2 heterocycles. The van der Waals surface area contributed by atoms with Crippen molar-refractivity contribution in [2.24, 2.45) is 0 Å². The lowest BCUT2D eigenvalue weighted by Crippen LogP contribution is -2.34. The number of piperidine rings is 1. The summed E-state index contributed by atoms with van der Waals surface area (Å²) in [6, 6.07) is 8.29.